The van der Waals surface area contributed by atoms with Gasteiger partial charge in [0.25, 0.3) is 5.91 Å². The molecule has 2 fully saturated rings. The number of likely N-dealkylation sites (tertiary alicyclic amines) is 1. The molecule has 2 amide bonds. The number of piperidine rings is 1. The summed E-state index contributed by atoms with van der Waals surface area (Å²) in [4.78, 5) is 52.9. The monoisotopic (exact) mass is 681 g/mol. The Morgan fingerprint density at radius 3 is 2.18 bits per heavy atom. The number of hydrogen-bond acceptors (Lipinski definition) is 8. The van der Waals surface area contributed by atoms with Crippen LogP contribution in [0.2, 0.25) is 0 Å². The third-order valence-electron chi connectivity index (χ3n) is 9.45. The Balaban J connectivity index is 1.09. The van der Waals surface area contributed by atoms with Crippen LogP contribution in [0, 0.1) is 5.92 Å². The van der Waals surface area contributed by atoms with Crippen LogP contribution in [0.1, 0.15) is 65.2 Å². The van der Waals surface area contributed by atoms with Crippen molar-refractivity contribution in [3.8, 4) is 17.1 Å². The molecule has 256 valence electrons. The summed E-state index contributed by atoms with van der Waals surface area (Å²) in [5.41, 5.74) is 3.96. The number of nitrogens with zero attached hydrogens (tertiary/aromatic N) is 4. The first-order chi connectivity index (χ1) is 23.5. The van der Waals surface area contributed by atoms with Gasteiger partial charge in [-0.15, -0.1) is 11.3 Å². The smallest absolute Gasteiger partial charge is 0.310 e. The summed E-state index contributed by atoms with van der Waals surface area (Å²) in [7, 11) is 1.68. The summed E-state index contributed by atoms with van der Waals surface area (Å²) in [6.45, 7) is 8.42. The molecular weight excluding hydrogens is 639 g/mol. The molecule has 2 saturated heterocycles. The minimum Gasteiger partial charge on any atom is -0.497 e. The van der Waals surface area contributed by atoms with E-state index in [0.717, 1.165) is 53.4 Å². The number of carbonyl (C=O) groups is 3. The fraction of sp³-hybridized carbons (Fsp3) is 0.395. The zero-order valence-corrected chi connectivity index (χ0v) is 29.2. The zero-order chi connectivity index (χ0) is 34.7. The molecule has 0 radical (unpaired) electrons. The number of carboxylic acids is 1. The van der Waals surface area contributed by atoms with E-state index in [1.54, 1.807) is 13.2 Å². The van der Waals surface area contributed by atoms with Crippen LogP contribution in [0.3, 0.4) is 0 Å². The number of carbonyl (C=O) groups excluding carboxylic acids is 2. The van der Waals surface area contributed by atoms with Crippen molar-refractivity contribution in [1.82, 2.24) is 20.2 Å². The number of rotatable bonds is 10. The average molecular weight is 682 g/mol. The summed E-state index contributed by atoms with van der Waals surface area (Å²) in [6.07, 6.45) is 6.14. The zero-order valence-electron chi connectivity index (χ0n) is 28.4. The Morgan fingerprint density at radius 2 is 1.61 bits per heavy atom. The van der Waals surface area contributed by atoms with Gasteiger partial charge in [-0.05, 0) is 59.6 Å². The molecule has 0 bridgehead atoms. The summed E-state index contributed by atoms with van der Waals surface area (Å²) < 4.78 is 5.30. The lowest BCUT2D eigenvalue weighted by Crippen LogP contribution is -2.59. The largest absolute Gasteiger partial charge is 0.497 e. The van der Waals surface area contributed by atoms with Gasteiger partial charge in [-0.25, -0.2) is 9.97 Å². The quantitative estimate of drug-likeness (QED) is 0.216. The number of carboxylic acid groups (broad SMARTS) is 1. The summed E-state index contributed by atoms with van der Waals surface area (Å²) in [5.74, 6) is -0.0916. The van der Waals surface area contributed by atoms with Gasteiger partial charge in [0.2, 0.25) is 5.91 Å². The predicted molar refractivity (Wildman–Crippen MR) is 190 cm³/mol. The Labute approximate surface area is 291 Å². The number of aliphatic carboxylic acids is 1. The minimum atomic E-state index is -0.918. The second kappa shape index (κ2) is 14.4. The summed E-state index contributed by atoms with van der Waals surface area (Å²) in [6, 6.07) is 19.0. The first-order valence-electron chi connectivity index (χ1n) is 16.7. The summed E-state index contributed by atoms with van der Waals surface area (Å²) in [5, 5.41) is 12.2. The van der Waals surface area contributed by atoms with Crippen molar-refractivity contribution in [1.29, 1.82) is 0 Å². The van der Waals surface area contributed by atoms with Gasteiger partial charge in [0, 0.05) is 43.0 Å². The predicted octanol–water partition coefficient (Wildman–Crippen LogP) is 5.78. The van der Waals surface area contributed by atoms with Gasteiger partial charge in [-0.1, -0.05) is 57.2 Å². The van der Waals surface area contributed by atoms with Gasteiger partial charge < -0.3 is 25.0 Å². The second-order valence-corrected chi connectivity index (χ2v) is 15.0. The van der Waals surface area contributed by atoms with Crippen LogP contribution in [0.15, 0.2) is 73.1 Å². The molecule has 0 saturated carbocycles. The first-order valence-corrected chi connectivity index (χ1v) is 17.5. The van der Waals surface area contributed by atoms with Crippen molar-refractivity contribution >= 4 is 34.8 Å². The number of aromatic nitrogens is 2. The molecule has 0 aliphatic carbocycles. The number of benzene rings is 2. The fourth-order valence-electron chi connectivity index (χ4n) is 6.33. The van der Waals surface area contributed by atoms with E-state index in [4.69, 9.17) is 4.74 Å². The van der Waals surface area contributed by atoms with E-state index < -0.39 is 17.9 Å². The molecule has 11 heteroatoms. The molecule has 0 unspecified atom stereocenters. The number of methoxy groups -OCH3 is 1. The molecule has 2 N–H and O–H groups in total. The highest BCUT2D eigenvalue weighted by Gasteiger charge is 2.39. The molecular formula is C38H43N5O5S. The highest BCUT2D eigenvalue weighted by Crippen LogP contribution is 2.32. The first kappa shape index (κ1) is 34.1. The molecule has 10 nitrogen and oxygen atoms in total. The van der Waals surface area contributed by atoms with Crippen LogP contribution in [0.4, 0.5) is 5.69 Å². The Kier molecular flexibility index (Phi) is 10.0. The Bertz CT molecular complexity index is 1770. The van der Waals surface area contributed by atoms with Crippen molar-refractivity contribution < 1.29 is 24.2 Å². The highest BCUT2D eigenvalue weighted by atomic mass is 32.1. The fourth-order valence-corrected chi connectivity index (χ4v) is 7.30. The molecule has 2 aliphatic heterocycles. The van der Waals surface area contributed by atoms with E-state index in [-0.39, 0.29) is 36.7 Å². The number of hydrogen-bond donors (Lipinski definition) is 2. The molecule has 49 heavy (non-hydrogen) atoms. The van der Waals surface area contributed by atoms with E-state index in [9.17, 15) is 19.5 Å². The molecule has 2 aromatic heterocycles. The van der Waals surface area contributed by atoms with E-state index in [0.29, 0.717) is 16.6 Å². The topological polar surface area (TPSA) is 125 Å². The maximum absolute atomic E-state index is 13.5. The lowest BCUT2D eigenvalue weighted by atomic mass is 9.89. The highest BCUT2D eigenvalue weighted by molar-refractivity contribution is 7.14. The third kappa shape index (κ3) is 7.94. The SMILES string of the molecule is COc1ccc(C2CCN(c3cnc(-c4ccc(C[C@H](NC(=O)c5ccc(C(C)(C)C)s5)C(=O)N5CC(C(=O)O)C5)cc4)nc3)CC2)cc1. The Morgan fingerprint density at radius 1 is 0.959 bits per heavy atom. The third-order valence-corrected chi connectivity index (χ3v) is 11.0. The molecule has 2 aliphatic rings. The van der Waals surface area contributed by atoms with Gasteiger partial charge in [-0.2, -0.15) is 0 Å². The molecule has 0 spiro atoms. The average Bonchev–Trinajstić information content (AvgIpc) is 3.60. The van der Waals surface area contributed by atoms with Crippen LogP contribution in [-0.4, -0.2) is 77.1 Å². The molecule has 6 rings (SSSR count). The number of ether oxygens (including phenoxy) is 1. The number of thiophene rings is 1. The molecule has 2 aromatic carbocycles. The van der Waals surface area contributed by atoms with Crippen molar-refractivity contribution in [2.24, 2.45) is 5.92 Å². The van der Waals surface area contributed by atoms with Crippen LogP contribution >= 0.6 is 11.3 Å². The van der Waals surface area contributed by atoms with E-state index in [1.165, 1.54) is 21.8 Å². The van der Waals surface area contributed by atoms with Gasteiger partial charge in [0.1, 0.15) is 11.8 Å². The minimum absolute atomic E-state index is 0.0940. The van der Waals surface area contributed by atoms with Gasteiger partial charge >= 0.3 is 5.97 Å². The van der Waals surface area contributed by atoms with Gasteiger partial charge in [0.05, 0.1) is 36.0 Å². The maximum atomic E-state index is 13.5. The van der Waals surface area contributed by atoms with Crippen molar-refractivity contribution in [2.45, 2.75) is 57.4 Å². The lowest BCUT2D eigenvalue weighted by molar-refractivity contribution is -0.153. The standard InChI is InChI=1S/C38H43N5O5S/c1-38(2,3)33-14-13-32(49-33)35(44)41-31(36(45)43-22-28(23-43)37(46)47)19-24-5-7-27(8-6-24)34-39-20-29(21-40-34)42-17-15-26(16-18-42)25-9-11-30(48-4)12-10-25/h5-14,20-21,26,28,31H,15-19,22-23H2,1-4H3,(H,41,44)(H,46,47)/t31-/m0/s1. The van der Waals surface area contributed by atoms with E-state index in [1.807, 2.05) is 54.9 Å². The van der Waals surface area contributed by atoms with Crippen molar-refractivity contribution in [3.05, 3.63) is 93.9 Å². The second-order valence-electron chi connectivity index (χ2n) is 13.9. The molecule has 4 aromatic rings. The van der Waals surface area contributed by atoms with Crippen LogP contribution < -0.4 is 15.0 Å². The van der Waals surface area contributed by atoms with Crippen LogP contribution in [-0.2, 0) is 21.4 Å². The Hall–Kier alpha value is -4.77. The lowest BCUT2D eigenvalue weighted by Gasteiger charge is -2.38. The van der Waals surface area contributed by atoms with Crippen molar-refractivity contribution in [3.63, 3.8) is 0 Å². The molecule has 4 heterocycles. The number of amides is 2. The molecule has 1 atom stereocenters. The maximum Gasteiger partial charge on any atom is 0.310 e. The number of nitrogens with one attached hydrogen (secondary N) is 1. The van der Waals surface area contributed by atoms with E-state index in [2.05, 4.69) is 53.1 Å². The van der Waals surface area contributed by atoms with Crippen molar-refractivity contribution in [2.75, 3.05) is 38.2 Å². The van der Waals surface area contributed by atoms with Crippen LogP contribution in [0.25, 0.3) is 11.4 Å². The van der Waals surface area contributed by atoms with Gasteiger partial charge in [-0.3, -0.25) is 14.4 Å². The van der Waals surface area contributed by atoms with Crippen LogP contribution in [0.5, 0.6) is 5.75 Å². The normalized spacial score (nSPS) is 16.2. The summed E-state index contributed by atoms with van der Waals surface area (Å²) >= 11 is 1.41. The van der Waals surface area contributed by atoms with E-state index >= 15 is 0 Å². The number of anilines is 1. The van der Waals surface area contributed by atoms with Gasteiger partial charge in [0.15, 0.2) is 5.82 Å².